The van der Waals surface area contributed by atoms with Crippen molar-refractivity contribution in [2.75, 3.05) is 31.7 Å². The quantitative estimate of drug-likeness (QED) is 0.458. The standard InChI is InChI=1S/C20H30N4O4/c1-13(2)8-20(21,12-25)23-18(26)16-6-7-17(24-9-15(10-24)27-3)19(22-16)28-11-14-4-5-14/h6-7,12-15H,4-5,8-11,21H2,1-3H3,(H,23,26)/t20-/m0/s1. The van der Waals surface area contributed by atoms with Gasteiger partial charge in [-0.05, 0) is 43.2 Å². The van der Waals surface area contributed by atoms with Gasteiger partial charge in [-0.25, -0.2) is 4.98 Å². The molecule has 0 unspecified atom stereocenters. The number of carbonyl (C=O) groups is 2. The highest BCUT2D eigenvalue weighted by molar-refractivity contribution is 5.95. The first-order chi connectivity index (χ1) is 13.3. The lowest BCUT2D eigenvalue weighted by molar-refractivity contribution is -0.113. The van der Waals surface area contributed by atoms with Gasteiger partial charge in [0.15, 0.2) is 6.29 Å². The topological polar surface area (TPSA) is 107 Å². The Labute approximate surface area is 165 Å². The number of methoxy groups -OCH3 is 1. The lowest BCUT2D eigenvalue weighted by Gasteiger charge is -2.40. The van der Waals surface area contributed by atoms with Crippen molar-refractivity contribution >= 4 is 17.9 Å². The van der Waals surface area contributed by atoms with Gasteiger partial charge in [0, 0.05) is 20.2 Å². The summed E-state index contributed by atoms with van der Waals surface area (Å²) in [6.45, 7) is 5.99. The number of nitrogens with zero attached hydrogens (tertiary/aromatic N) is 2. The van der Waals surface area contributed by atoms with Gasteiger partial charge in [-0.1, -0.05) is 13.8 Å². The number of amides is 1. The number of aromatic nitrogens is 1. The number of aldehydes is 1. The molecule has 1 atom stereocenters. The summed E-state index contributed by atoms with van der Waals surface area (Å²) in [6, 6.07) is 3.47. The van der Waals surface area contributed by atoms with E-state index in [4.69, 9.17) is 15.2 Å². The Morgan fingerprint density at radius 2 is 2.14 bits per heavy atom. The largest absolute Gasteiger partial charge is 0.476 e. The minimum atomic E-state index is -1.41. The molecule has 0 spiro atoms. The second-order valence-electron chi connectivity index (χ2n) is 8.25. The second-order valence-corrected chi connectivity index (χ2v) is 8.25. The van der Waals surface area contributed by atoms with E-state index in [2.05, 4.69) is 15.2 Å². The van der Waals surface area contributed by atoms with Crippen LogP contribution in [0.3, 0.4) is 0 Å². The number of nitrogens with two attached hydrogens (primary N) is 1. The van der Waals surface area contributed by atoms with Gasteiger partial charge in [0.1, 0.15) is 17.0 Å². The average molecular weight is 390 g/mol. The molecule has 3 N–H and O–H groups in total. The number of anilines is 1. The molecule has 2 aliphatic rings. The molecule has 1 saturated carbocycles. The molecule has 1 amide bonds. The third kappa shape index (κ3) is 4.99. The Bertz CT molecular complexity index is 716. The number of carbonyl (C=O) groups excluding carboxylic acids is 2. The first-order valence-electron chi connectivity index (χ1n) is 9.83. The second kappa shape index (κ2) is 8.45. The lowest BCUT2D eigenvalue weighted by atomic mass is 9.99. The molecular weight excluding hydrogens is 360 g/mol. The summed E-state index contributed by atoms with van der Waals surface area (Å²) in [6.07, 6.45) is 3.44. The van der Waals surface area contributed by atoms with E-state index in [1.807, 2.05) is 19.9 Å². The van der Waals surface area contributed by atoms with Crippen molar-refractivity contribution < 1.29 is 19.1 Å². The Balaban J connectivity index is 1.75. The van der Waals surface area contributed by atoms with Gasteiger partial charge in [0.2, 0.25) is 5.88 Å². The SMILES string of the molecule is COC1CN(c2ccc(C(=O)N[C@](N)(C=O)CC(C)C)nc2OCC2CC2)C1. The fourth-order valence-electron chi connectivity index (χ4n) is 3.25. The van der Waals surface area contributed by atoms with Crippen LogP contribution >= 0.6 is 0 Å². The fraction of sp³-hybridized carbons (Fsp3) is 0.650. The van der Waals surface area contributed by atoms with E-state index in [-0.39, 0.29) is 17.7 Å². The summed E-state index contributed by atoms with van der Waals surface area (Å²) in [5.41, 5.74) is 5.66. The number of pyridine rings is 1. The molecule has 1 aliphatic heterocycles. The van der Waals surface area contributed by atoms with Crippen LogP contribution in [0.25, 0.3) is 0 Å². The molecule has 2 heterocycles. The molecular formula is C20H30N4O4. The van der Waals surface area contributed by atoms with Crippen molar-refractivity contribution in [3.63, 3.8) is 0 Å². The zero-order valence-electron chi connectivity index (χ0n) is 16.8. The molecule has 1 aromatic rings. The van der Waals surface area contributed by atoms with E-state index in [0.29, 0.717) is 31.1 Å². The van der Waals surface area contributed by atoms with E-state index >= 15 is 0 Å². The molecule has 1 aliphatic carbocycles. The van der Waals surface area contributed by atoms with Crippen molar-refractivity contribution in [3.8, 4) is 5.88 Å². The normalized spacial score (nSPS) is 19.1. The summed E-state index contributed by atoms with van der Waals surface area (Å²) >= 11 is 0. The number of hydrogen-bond donors (Lipinski definition) is 2. The summed E-state index contributed by atoms with van der Waals surface area (Å²) in [4.78, 5) is 30.6. The number of rotatable bonds is 10. The molecule has 1 aromatic heterocycles. The maximum atomic E-state index is 12.7. The van der Waals surface area contributed by atoms with Crippen LogP contribution in [0.1, 0.15) is 43.6 Å². The van der Waals surface area contributed by atoms with Crippen LogP contribution in [0.15, 0.2) is 12.1 Å². The van der Waals surface area contributed by atoms with Gasteiger partial charge in [0.25, 0.3) is 5.91 Å². The molecule has 28 heavy (non-hydrogen) atoms. The van der Waals surface area contributed by atoms with Crippen LogP contribution in [0.5, 0.6) is 5.88 Å². The predicted molar refractivity (Wildman–Crippen MR) is 105 cm³/mol. The van der Waals surface area contributed by atoms with E-state index in [0.717, 1.165) is 31.6 Å². The molecule has 3 rings (SSSR count). The maximum Gasteiger partial charge on any atom is 0.271 e. The van der Waals surface area contributed by atoms with Crippen LogP contribution in [0.4, 0.5) is 5.69 Å². The van der Waals surface area contributed by atoms with Gasteiger partial charge in [-0.2, -0.15) is 0 Å². The number of ether oxygens (including phenoxy) is 2. The smallest absolute Gasteiger partial charge is 0.271 e. The van der Waals surface area contributed by atoms with E-state index in [9.17, 15) is 9.59 Å². The number of hydrogen-bond acceptors (Lipinski definition) is 7. The van der Waals surface area contributed by atoms with Crippen molar-refractivity contribution in [1.29, 1.82) is 0 Å². The highest BCUT2D eigenvalue weighted by Gasteiger charge is 2.32. The van der Waals surface area contributed by atoms with Gasteiger partial charge in [0.05, 0.1) is 12.7 Å². The Morgan fingerprint density at radius 3 is 2.71 bits per heavy atom. The highest BCUT2D eigenvalue weighted by Crippen LogP contribution is 2.34. The van der Waals surface area contributed by atoms with E-state index in [1.54, 1.807) is 13.2 Å². The van der Waals surface area contributed by atoms with Crippen LogP contribution in [-0.4, -0.2) is 55.8 Å². The van der Waals surface area contributed by atoms with Gasteiger partial charge < -0.3 is 25.4 Å². The van der Waals surface area contributed by atoms with Gasteiger partial charge >= 0.3 is 0 Å². The van der Waals surface area contributed by atoms with E-state index < -0.39 is 11.6 Å². The maximum absolute atomic E-state index is 12.7. The summed E-state index contributed by atoms with van der Waals surface area (Å²) in [7, 11) is 1.70. The summed E-state index contributed by atoms with van der Waals surface area (Å²) < 4.78 is 11.3. The van der Waals surface area contributed by atoms with Crippen LogP contribution in [0.2, 0.25) is 0 Å². The van der Waals surface area contributed by atoms with Crippen LogP contribution in [-0.2, 0) is 9.53 Å². The fourth-order valence-corrected chi connectivity index (χ4v) is 3.25. The van der Waals surface area contributed by atoms with Gasteiger partial charge in [-0.15, -0.1) is 0 Å². The molecule has 0 radical (unpaired) electrons. The summed E-state index contributed by atoms with van der Waals surface area (Å²) in [5.74, 6) is 0.666. The molecule has 1 saturated heterocycles. The Morgan fingerprint density at radius 1 is 1.43 bits per heavy atom. The van der Waals surface area contributed by atoms with Gasteiger partial charge in [-0.3, -0.25) is 9.59 Å². The monoisotopic (exact) mass is 390 g/mol. The molecule has 154 valence electrons. The zero-order valence-corrected chi connectivity index (χ0v) is 16.8. The van der Waals surface area contributed by atoms with Crippen LogP contribution in [0, 0.1) is 11.8 Å². The molecule has 8 heteroatoms. The Hall–Kier alpha value is -2.19. The first kappa shape index (κ1) is 20.5. The average Bonchev–Trinajstić information content (AvgIpc) is 3.43. The van der Waals surface area contributed by atoms with Crippen molar-refractivity contribution in [3.05, 3.63) is 17.8 Å². The van der Waals surface area contributed by atoms with Crippen LogP contribution < -0.4 is 20.7 Å². The third-order valence-corrected chi connectivity index (χ3v) is 5.05. The van der Waals surface area contributed by atoms with Crippen molar-refractivity contribution in [2.45, 2.75) is 44.9 Å². The minimum absolute atomic E-state index is 0.156. The zero-order chi connectivity index (χ0) is 20.3. The lowest BCUT2D eigenvalue weighted by Crippen LogP contribution is -2.58. The summed E-state index contributed by atoms with van der Waals surface area (Å²) in [5, 5.41) is 2.61. The minimum Gasteiger partial charge on any atom is -0.476 e. The first-order valence-corrected chi connectivity index (χ1v) is 9.83. The van der Waals surface area contributed by atoms with E-state index in [1.165, 1.54) is 0 Å². The molecule has 2 fully saturated rings. The molecule has 0 bridgehead atoms. The molecule has 8 nitrogen and oxygen atoms in total. The molecule has 0 aromatic carbocycles. The highest BCUT2D eigenvalue weighted by atomic mass is 16.5. The Kier molecular flexibility index (Phi) is 6.20. The van der Waals surface area contributed by atoms with Crippen molar-refractivity contribution in [2.24, 2.45) is 17.6 Å². The predicted octanol–water partition coefficient (Wildman–Crippen LogP) is 1.34. The third-order valence-electron chi connectivity index (χ3n) is 5.05. The van der Waals surface area contributed by atoms with Crippen molar-refractivity contribution in [1.82, 2.24) is 10.3 Å². The number of nitrogens with one attached hydrogen (secondary N) is 1.